The number of primary amides is 1. The minimum absolute atomic E-state index is 0.0654. The highest BCUT2D eigenvalue weighted by atomic mass is 19.4. The summed E-state index contributed by atoms with van der Waals surface area (Å²) in [6.45, 7) is 0.150. The highest BCUT2D eigenvalue weighted by molar-refractivity contribution is 6.08. The molecule has 1 saturated heterocycles. The highest BCUT2D eigenvalue weighted by Crippen LogP contribution is 2.38. The molecule has 2 aliphatic rings. The summed E-state index contributed by atoms with van der Waals surface area (Å²) < 4.78 is 48.8. The van der Waals surface area contributed by atoms with Gasteiger partial charge in [-0.25, -0.2) is 4.68 Å². The molecule has 14 heteroatoms. The average Bonchev–Trinajstić information content (AvgIpc) is 3.63. The summed E-state index contributed by atoms with van der Waals surface area (Å²) in [7, 11) is 4.56. The fourth-order valence-corrected chi connectivity index (χ4v) is 5.51. The van der Waals surface area contributed by atoms with Crippen LogP contribution in [0.25, 0.3) is 5.69 Å². The summed E-state index contributed by atoms with van der Waals surface area (Å²) in [6.07, 6.45) is -4.18. The van der Waals surface area contributed by atoms with Crippen LogP contribution in [-0.4, -0.2) is 83.5 Å². The molecule has 1 atom stereocenters. The summed E-state index contributed by atoms with van der Waals surface area (Å²) >= 11 is 0. The molecule has 226 valence electrons. The topological polar surface area (TPSA) is 131 Å². The lowest BCUT2D eigenvalue weighted by molar-refractivity contribution is -0.142. The van der Waals surface area contributed by atoms with Crippen LogP contribution in [0.5, 0.6) is 5.75 Å². The van der Waals surface area contributed by atoms with Gasteiger partial charge in [-0.15, -0.1) is 0 Å². The van der Waals surface area contributed by atoms with E-state index in [-0.39, 0.29) is 53.7 Å². The van der Waals surface area contributed by atoms with E-state index in [0.717, 1.165) is 4.68 Å². The Kier molecular flexibility index (Phi) is 7.63. The smallest absolute Gasteiger partial charge is 0.435 e. The lowest BCUT2D eigenvalue weighted by Crippen LogP contribution is -2.44. The number of carbonyl (C=O) groups excluding carboxylic acids is 4. The number of alkyl halides is 3. The Morgan fingerprint density at radius 3 is 2.37 bits per heavy atom. The van der Waals surface area contributed by atoms with Crippen molar-refractivity contribution in [3.05, 3.63) is 70.5 Å². The molecule has 2 N–H and O–H groups in total. The zero-order valence-electron chi connectivity index (χ0n) is 23.6. The molecule has 1 fully saturated rings. The molecule has 2 aliphatic heterocycles. The number of nitrogens with two attached hydrogens (primary N) is 1. The van der Waals surface area contributed by atoms with Crippen LogP contribution in [0.2, 0.25) is 0 Å². The van der Waals surface area contributed by atoms with Crippen molar-refractivity contribution in [3.63, 3.8) is 0 Å². The maximum Gasteiger partial charge on any atom is 0.435 e. The van der Waals surface area contributed by atoms with Gasteiger partial charge in [-0.1, -0.05) is 0 Å². The fraction of sp³-hybridized carbons (Fsp3) is 0.345. The molecule has 4 amide bonds. The molecule has 0 aliphatic carbocycles. The van der Waals surface area contributed by atoms with Gasteiger partial charge in [0.05, 0.1) is 18.4 Å². The van der Waals surface area contributed by atoms with Crippen molar-refractivity contribution < 1.29 is 37.1 Å². The molecule has 5 rings (SSSR count). The van der Waals surface area contributed by atoms with E-state index in [1.807, 2.05) is 0 Å². The number of methoxy groups -OCH3 is 1. The van der Waals surface area contributed by atoms with E-state index in [1.165, 1.54) is 52.1 Å². The second-order valence-corrected chi connectivity index (χ2v) is 10.5. The lowest BCUT2D eigenvalue weighted by Gasteiger charge is -2.28. The SMILES string of the molecule is COc1ccc(-n2nc(C(F)(F)F)c3c2C(=O)N(c2ccc(C(=O)N(C)C)cc2)CC3)c(C(=O)N2CCC[C@H]2C(N)=O)c1. The molecule has 0 spiro atoms. The van der Waals surface area contributed by atoms with Gasteiger partial charge in [0.2, 0.25) is 5.91 Å². The first-order valence-corrected chi connectivity index (χ1v) is 13.4. The zero-order valence-corrected chi connectivity index (χ0v) is 23.6. The number of halogens is 3. The van der Waals surface area contributed by atoms with E-state index in [1.54, 1.807) is 26.2 Å². The van der Waals surface area contributed by atoms with Gasteiger partial charge in [0.15, 0.2) is 5.69 Å². The quantitative estimate of drug-likeness (QED) is 0.465. The van der Waals surface area contributed by atoms with Crippen LogP contribution in [0, 0.1) is 0 Å². The first-order valence-electron chi connectivity index (χ1n) is 13.4. The Labute approximate surface area is 244 Å². The molecule has 3 heterocycles. The molecule has 43 heavy (non-hydrogen) atoms. The molecule has 1 aromatic heterocycles. The van der Waals surface area contributed by atoms with Crippen LogP contribution in [-0.2, 0) is 17.4 Å². The van der Waals surface area contributed by atoms with Gasteiger partial charge in [0, 0.05) is 44.0 Å². The molecule has 0 unspecified atom stereocenters. The van der Waals surface area contributed by atoms with Gasteiger partial charge < -0.3 is 25.2 Å². The van der Waals surface area contributed by atoms with Crippen molar-refractivity contribution in [2.24, 2.45) is 5.73 Å². The number of likely N-dealkylation sites (tertiary alicyclic amines) is 1. The number of carbonyl (C=O) groups is 4. The lowest BCUT2D eigenvalue weighted by atomic mass is 10.0. The average molecular weight is 599 g/mol. The van der Waals surface area contributed by atoms with Gasteiger partial charge in [0.1, 0.15) is 17.5 Å². The standard InChI is InChI=1S/C29H29F3N6O5/c1-35(2)26(40)16-6-8-17(9-7-16)36-14-12-19-23(28(36)42)38(34-24(19)29(30,31)32)21-11-10-18(43-3)15-20(21)27(41)37-13-4-5-22(37)25(33)39/h6-11,15,22H,4-5,12-14H2,1-3H3,(H2,33,39)/t22-/m0/s1. The number of rotatable bonds is 6. The van der Waals surface area contributed by atoms with Crippen molar-refractivity contribution in [2.75, 3.05) is 39.2 Å². The Morgan fingerprint density at radius 2 is 1.77 bits per heavy atom. The molecular weight excluding hydrogens is 569 g/mol. The summed E-state index contributed by atoms with van der Waals surface area (Å²) in [5.41, 5.74) is 4.19. The van der Waals surface area contributed by atoms with Gasteiger partial charge in [-0.05, 0) is 61.7 Å². The molecule has 0 saturated carbocycles. The van der Waals surface area contributed by atoms with Gasteiger partial charge in [0.25, 0.3) is 17.7 Å². The third-order valence-electron chi connectivity index (χ3n) is 7.62. The first kappa shape index (κ1) is 29.6. The number of benzene rings is 2. The van der Waals surface area contributed by atoms with Gasteiger partial charge in [-0.2, -0.15) is 18.3 Å². The van der Waals surface area contributed by atoms with Crippen LogP contribution < -0.4 is 15.4 Å². The number of hydrogen-bond donors (Lipinski definition) is 1. The zero-order chi connectivity index (χ0) is 31.2. The van der Waals surface area contributed by atoms with Crippen LogP contribution in [0.4, 0.5) is 18.9 Å². The van der Waals surface area contributed by atoms with E-state index in [0.29, 0.717) is 24.1 Å². The molecule has 2 aromatic carbocycles. The number of nitrogens with zero attached hydrogens (tertiary/aromatic N) is 5. The van der Waals surface area contributed by atoms with Crippen LogP contribution in [0.15, 0.2) is 42.5 Å². The van der Waals surface area contributed by atoms with Crippen molar-refractivity contribution >= 4 is 29.3 Å². The number of ether oxygens (including phenoxy) is 1. The summed E-state index contributed by atoms with van der Waals surface area (Å²) in [5.74, 6) is -2.13. The van der Waals surface area contributed by atoms with E-state index in [4.69, 9.17) is 10.5 Å². The minimum atomic E-state index is -4.88. The van der Waals surface area contributed by atoms with Crippen molar-refractivity contribution in [1.82, 2.24) is 19.6 Å². The number of fused-ring (bicyclic) bond motifs is 1. The maximum absolute atomic E-state index is 14.2. The molecule has 0 bridgehead atoms. The Morgan fingerprint density at radius 1 is 1.07 bits per heavy atom. The minimum Gasteiger partial charge on any atom is -0.497 e. The van der Waals surface area contributed by atoms with E-state index < -0.39 is 35.6 Å². The molecule has 0 radical (unpaired) electrons. The fourth-order valence-electron chi connectivity index (χ4n) is 5.51. The first-order chi connectivity index (χ1) is 20.3. The summed E-state index contributed by atoms with van der Waals surface area (Å²) in [5, 5.41) is 3.84. The summed E-state index contributed by atoms with van der Waals surface area (Å²) in [6, 6.07) is 9.39. The normalized spacial score (nSPS) is 16.7. The largest absolute Gasteiger partial charge is 0.497 e. The van der Waals surface area contributed by atoms with Gasteiger partial charge in [-0.3, -0.25) is 19.2 Å². The number of hydrogen-bond acceptors (Lipinski definition) is 6. The number of amides is 4. The molecular formula is C29H29F3N6O5. The number of anilines is 1. The van der Waals surface area contributed by atoms with Crippen LogP contribution in [0.3, 0.4) is 0 Å². The third kappa shape index (κ3) is 5.28. The molecule has 11 nitrogen and oxygen atoms in total. The van der Waals surface area contributed by atoms with E-state index in [9.17, 15) is 32.3 Å². The van der Waals surface area contributed by atoms with E-state index in [2.05, 4.69) is 5.10 Å². The summed E-state index contributed by atoms with van der Waals surface area (Å²) in [4.78, 5) is 56.0. The van der Waals surface area contributed by atoms with Crippen molar-refractivity contribution in [2.45, 2.75) is 31.5 Å². The predicted molar refractivity (Wildman–Crippen MR) is 148 cm³/mol. The Bertz CT molecular complexity index is 1620. The maximum atomic E-state index is 14.2. The van der Waals surface area contributed by atoms with Crippen LogP contribution in [0.1, 0.15) is 55.3 Å². The van der Waals surface area contributed by atoms with Gasteiger partial charge >= 0.3 is 6.18 Å². The predicted octanol–water partition coefficient (Wildman–Crippen LogP) is 2.89. The second-order valence-electron chi connectivity index (χ2n) is 10.5. The Balaban J connectivity index is 1.63. The number of aromatic nitrogens is 2. The monoisotopic (exact) mass is 598 g/mol. The third-order valence-corrected chi connectivity index (χ3v) is 7.62. The van der Waals surface area contributed by atoms with E-state index >= 15 is 0 Å². The highest BCUT2D eigenvalue weighted by Gasteiger charge is 2.44. The second kappa shape index (κ2) is 11.1. The molecule has 3 aromatic rings. The van der Waals surface area contributed by atoms with Crippen LogP contribution >= 0.6 is 0 Å². The van der Waals surface area contributed by atoms with Crippen molar-refractivity contribution in [3.8, 4) is 11.4 Å². The Hall–Kier alpha value is -4.88. The van der Waals surface area contributed by atoms with Crippen molar-refractivity contribution in [1.29, 1.82) is 0 Å².